The summed E-state index contributed by atoms with van der Waals surface area (Å²) in [5.74, 6) is -1.20. The number of amides is 1. The molecule has 0 radical (unpaired) electrons. The van der Waals surface area contributed by atoms with Crippen molar-refractivity contribution in [2.75, 3.05) is 13.2 Å². The summed E-state index contributed by atoms with van der Waals surface area (Å²) in [5, 5.41) is 57.2. The molecule has 0 bridgehead atoms. The molecule has 8 unspecified atom stereocenters. The first-order valence-electron chi connectivity index (χ1n) is 34.9. The van der Waals surface area contributed by atoms with Crippen molar-refractivity contribution in [3.63, 3.8) is 0 Å². The molecule has 1 rings (SSSR count). The number of nitrogens with one attached hydrogen (secondary N) is 1. The molecule has 6 N–H and O–H groups in total. The summed E-state index contributed by atoms with van der Waals surface area (Å²) < 4.78 is 17.6. The lowest BCUT2D eigenvalue weighted by molar-refractivity contribution is -0.305. The Morgan fingerprint density at radius 1 is 0.476 bits per heavy atom. The maximum Gasteiger partial charge on any atom is 0.306 e. The highest BCUT2D eigenvalue weighted by atomic mass is 16.7. The van der Waals surface area contributed by atoms with Gasteiger partial charge in [-0.15, -0.1) is 0 Å². The minimum absolute atomic E-state index is 0.105. The van der Waals surface area contributed by atoms with E-state index >= 15 is 0 Å². The normalized spacial score (nSPS) is 18.9. The van der Waals surface area contributed by atoms with Gasteiger partial charge in [-0.1, -0.05) is 288 Å². The molecule has 1 saturated heterocycles. The molecule has 11 nitrogen and oxygen atoms in total. The van der Waals surface area contributed by atoms with Crippen LogP contribution in [0, 0.1) is 0 Å². The molecular formula is C71H131NO10. The number of rotatable bonds is 60. The average Bonchev–Trinajstić information content (AvgIpc) is 3.55. The van der Waals surface area contributed by atoms with Crippen molar-refractivity contribution in [1.29, 1.82) is 0 Å². The van der Waals surface area contributed by atoms with Crippen molar-refractivity contribution in [2.24, 2.45) is 0 Å². The molecule has 1 aliphatic rings. The zero-order chi connectivity index (χ0) is 59.6. The number of hydrogen-bond donors (Lipinski definition) is 6. The average molecular weight is 1160 g/mol. The van der Waals surface area contributed by atoms with E-state index in [4.69, 9.17) is 14.2 Å². The van der Waals surface area contributed by atoms with E-state index in [1.165, 1.54) is 212 Å². The van der Waals surface area contributed by atoms with E-state index in [0.29, 0.717) is 19.3 Å². The fourth-order valence-corrected chi connectivity index (χ4v) is 10.9. The lowest BCUT2D eigenvalue weighted by Crippen LogP contribution is -2.61. The van der Waals surface area contributed by atoms with Crippen molar-refractivity contribution in [1.82, 2.24) is 5.32 Å². The summed E-state index contributed by atoms with van der Waals surface area (Å²) in [4.78, 5) is 26.6. The van der Waals surface area contributed by atoms with Gasteiger partial charge in [0.05, 0.1) is 25.4 Å². The minimum atomic E-state index is -1.62. The van der Waals surface area contributed by atoms with E-state index in [1.54, 1.807) is 6.08 Å². The van der Waals surface area contributed by atoms with E-state index < -0.39 is 67.4 Å². The van der Waals surface area contributed by atoms with Crippen LogP contribution in [-0.2, 0) is 23.8 Å². The van der Waals surface area contributed by atoms with Crippen LogP contribution in [-0.4, -0.2) is 99.6 Å². The predicted molar refractivity (Wildman–Crippen MR) is 343 cm³/mol. The van der Waals surface area contributed by atoms with Crippen LogP contribution in [0.4, 0.5) is 0 Å². The van der Waals surface area contributed by atoms with Crippen molar-refractivity contribution < 1.29 is 49.3 Å². The van der Waals surface area contributed by atoms with Gasteiger partial charge in [0.15, 0.2) is 12.4 Å². The number of hydrogen-bond acceptors (Lipinski definition) is 10. The van der Waals surface area contributed by atoms with Crippen LogP contribution >= 0.6 is 0 Å². The Hall–Kier alpha value is -2.38. The van der Waals surface area contributed by atoms with Crippen LogP contribution in [0.1, 0.15) is 329 Å². The van der Waals surface area contributed by atoms with E-state index in [-0.39, 0.29) is 13.0 Å². The highest BCUT2D eigenvalue weighted by molar-refractivity contribution is 5.80. The number of unbranched alkanes of at least 4 members (excludes halogenated alkanes) is 40. The highest BCUT2D eigenvalue weighted by Crippen LogP contribution is 2.26. The second-order valence-corrected chi connectivity index (χ2v) is 24.3. The van der Waals surface area contributed by atoms with E-state index in [2.05, 4.69) is 62.5 Å². The first-order valence-corrected chi connectivity index (χ1v) is 34.9. The molecule has 1 aliphatic heterocycles. The molecule has 0 aliphatic carbocycles. The van der Waals surface area contributed by atoms with Gasteiger partial charge in [-0.3, -0.25) is 9.59 Å². The van der Waals surface area contributed by atoms with E-state index in [9.17, 15) is 35.1 Å². The summed E-state index contributed by atoms with van der Waals surface area (Å²) in [6, 6.07) is -1.03. The third-order valence-corrected chi connectivity index (χ3v) is 16.5. The van der Waals surface area contributed by atoms with Gasteiger partial charge in [0.25, 0.3) is 0 Å². The molecule has 11 heteroatoms. The molecule has 0 saturated carbocycles. The maximum atomic E-state index is 13.5. The van der Waals surface area contributed by atoms with Gasteiger partial charge in [0.2, 0.25) is 5.91 Å². The molecule has 1 heterocycles. The summed E-state index contributed by atoms with van der Waals surface area (Å²) >= 11 is 0. The van der Waals surface area contributed by atoms with Crippen LogP contribution in [0.3, 0.4) is 0 Å². The molecule has 8 atom stereocenters. The van der Waals surface area contributed by atoms with E-state index in [1.807, 2.05) is 6.08 Å². The fourth-order valence-electron chi connectivity index (χ4n) is 10.9. The predicted octanol–water partition coefficient (Wildman–Crippen LogP) is 17.6. The molecule has 1 amide bonds. The molecule has 0 aromatic carbocycles. The van der Waals surface area contributed by atoms with Gasteiger partial charge in [0, 0.05) is 6.42 Å². The molecule has 0 aromatic heterocycles. The molecule has 82 heavy (non-hydrogen) atoms. The number of aliphatic hydroxyl groups excluding tert-OH is 5. The number of esters is 1. The van der Waals surface area contributed by atoms with Crippen molar-refractivity contribution in [3.8, 4) is 0 Å². The Balaban J connectivity index is 2.57. The second-order valence-electron chi connectivity index (χ2n) is 24.3. The first-order chi connectivity index (χ1) is 40.2. The third-order valence-electron chi connectivity index (χ3n) is 16.5. The summed E-state index contributed by atoms with van der Waals surface area (Å²) in [6.07, 6.45) is 63.0. The van der Waals surface area contributed by atoms with Crippen molar-refractivity contribution >= 4 is 11.9 Å². The zero-order valence-corrected chi connectivity index (χ0v) is 53.4. The van der Waals surface area contributed by atoms with Crippen LogP contribution in [0.2, 0.25) is 0 Å². The Morgan fingerprint density at radius 2 is 0.841 bits per heavy atom. The van der Waals surface area contributed by atoms with Gasteiger partial charge >= 0.3 is 5.97 Å². The maximum absolute atomic E-state index is 13.5. The Kier molecular flexibility index (Phi) is 55.8. The zero-order valence-electron chi connectivity index (χ0n) is 53.4. The monoisotopic (exact) mass is 1160 g/mol. The topological polar surface area (TPSA) is 175 Å². The number of ether oxygens (including phenoxy) is 3. The highest BCUT2D eigenvalue weighted by Gasteiger charge is 2.47. The van der Waals surface area contributed by atoms with Crippen LogP contribution < -0.4 is 5.32 Å². The van der Waals surface area contributed by atoms with E-state index in [0.717, 1.165) is 70.6 Å². The van der Waals surface area contributed by atoms with Gasteiger partial charge in [-0.2, -0.15) is 0 Å². The van der Waals surface area contributed by atoms with Gasteiger partial charge in [-0.25, -0.2) is 0 Å². The van der Waals surface area contributed by atoms with Crippen LogP contribution in [0.5, 0.6) is 0 Å². The Morgan fingerprint density at radius 3 is 1.28 bits per heavy atom. The fraction of sp³-hybridized carbons (Fsp3) is 0.859. The number of aliphatic hydroxyl groups is 5. The van der Waals surface area contributed by atoms with Crippen molar-refractivity contribution in [3.05, 3.63) is 48.6 Å². The molecule has 1 fully saturated rings. The largest absolute Gasteiger partial charge is 0.454 e. The van der Waals surface area contributed by atoms with Gasteiger partial charge in [0.1, 0.15) is 24.4 Å². The van der Waals surface area contributed by atoms with Gasteiger partial charge < -0.3 is 45.1 Å². The first kappa shape index (κ1) is 77.6. The Labute approximate surface area is 504 Å². The summed E-state index contributed by atoms with van der Waals surface area (Å²) in [5.41, 5.74) is 0. The second kappa shape index (κ2) is 59.0. The molecular weight excluding hydrogens is 1030 g/mol. The SMILES string of the molecule is CCCCC/C=C\C/C=C\CCCCCCCCCCCCCCCCCCC(O)C(=O)NC(COC1OC(CO)C(O)C(O)C1OC(=O)CCCCC/C=C\CCCCCCCCC)C(O)/C=C/CCCCCCCCCCCCC. The number of carbonyl (C=O) groups excluding carboxylic acids is 2. The van der Waals surface area contributed by atoms with Crippen molar-refractivity contribution in [2.45, 2.75) is 378 Å². The summed E-state index contributed by atoms with van der Waals surface area (Å²) in [6.45, 7) is 5.79. The lowest BCUT2D eigenvalue weighted by atomic mass is 9.99. The molecule has 0 aromatic rings. The van der Waals surface area contributed by atoms with Crippen LogP contribution in [0.15, 0.2) is 48.6 Å². The number of carbonyl (C=O) groups is 2. The third kappa shape index (κ3) is 45.9. The Bertz CT molecular complexity index is 1520. The lowest BCUT2D eigenvalue weighted by Gasteiger charge is -2.41. The smallest absolute Gasteiger partial charge is 0.306 e. The quantitative estimate of drug-likeness (QED) is 0.0195. The van der Waals surface area contributed by atoms with Crippen LogP contribution in [0.25, 0.3) is 0 Å². The minimum Gasteiger partial charge on any atom is -0.454 e. The van der Waals surface area contributed by atoms with Gasteiger partial charge in [-0.05, 0) is 83.5 Å². The standard InChI is InChI=1S/C71H131NO10/c1-4-7-10-13-16-19-22-25-27-28-29-30-31-32-33-34-35-36-37-38-40-43-46-49-52-55-58-64(75)70(79)72-62(63(74)57-54-51-48-45-42-39-24-21-18-15-12-9-6-3)61-80-71-69(68(78)67(77)65(60-73)81-71)82-66(76)59-56-53-50-47-44-41-26-23-20-17-14-11-8-5-2/h16,19,25,27,41,44,54,57,62-65,67-69,71,73-75,77-78H,4-15,17-18,20-24,26,28-40,42-43,45-53,55-56,58-61H2,1-3H3,(H,72,79)/b19-16-,27-25-,44-41-,57-54+. The molecule has 480 valence electrons. The summed E-state index contributed by atoms with van der Waals surface area (Å²) in [7, 11) is 0. The molecule has 0 spiro atoms. The number of allylic oxidation sites excluding steroid dienone is 7.